The topological polar surface area (TPSA) is 33.5 Å². The molecule has 1 aromatic heterocycles. The Labute approximate surface area is 107 Å². The number of aryl methyl sites for hydroxylation is 1. The third-order valence-electron chi connectivity index (χ3n) is 3.08. The first-order chi connectivity index (χ1) is 8.61. The highest BCUT2D eigenvalue weighted by Crippen LogP contribution is 2.21. The molecule has 0 unspecified atom stereocenters. The fraction of sp³-hybridized carbons (Fsp3) is 0.400. The highest BCUT2D eigenvalue weighted by Gasteiger charge is 2.16. The number of nitrogens with zero attached hydrogens (tertiary/aromatic N) is 1. The van der Waals surface area contributed by atoms with Gasteiger partial charge in [-0.2, -0.15) is 0 Å². The third-order valence-corrected chi connectivity index (χ3v) is 3.08. The number of fused-ring (bicyclic) bond motifs is 1. The lowest BCUT2D eigenvalue weighted by Gasteiger charge is -2.14. The van der Waals surface area contributed by atoms with Crippen LogP contribution in [0.15, 0.2) is 28.7 Å². The normalized spacial score (nSPS) is 10.8. The largest absolute Gasteiger partial charge is 0.451 e. The Morgan fingerprint density at radius 2 is 2.11 bits per heavy atom. The van der Waals surface area contributed by atoms with Crippen molar-refractivity contribution in [2.45, 2.75) is 26.7 Å². The molecule has 0 radical (unpaired) electrons. The third kappa shape index (κ3) is 2.55. The van der Waals surface area contributed by atoms with Gasteiger partial charge in [0.2, 0.25) is 0 Å². The van der Waals surface area contributed by atoms with Gasteiger partial charge in [0.1, 0.15) is 5.58 Å². The summed E-state index contributed by atoms with van der Waals surface area (Å²) in [5, 5.41) is 0.979. The summed E-state index contributed by atoms with van der Waals surface area (Å²) in [6.45, 7) is 4.89. The summed E-state index contributed by atoms with van der Waals surface area (Å²) in [5.41, 5.74) is 1.91. The summed E-state index contributed by atoms with van der Waals surface area (Å²) < 4.78 is 5.62. The first-order valence-corrected chi connectivity index (χ1v) is 6.37. The number of furan rings is 1. The van der Waals surface area contributed by atoms with Gasteiger partial charge in [-0.25, -0.2) is 0 Å². The molecular weight excluding hydrogens is 226 g/mol. The number of amides is 1. The molecular formula is C15H19NO2. The first-order valence-electron chi connectivity index (χ1n) is 6.37. The van der Waals surface area contributed by atoms with Crippen LogP contribution in [-0.2, 0) is 0 Å². The lowest BCUT2D eigenvalue weighted by molar-refractivity contribution is 0.0764. The van der Waals surface area contributed by atoms with Crippen LogP contribution in [0.2, 0.25) is 0 Å². The Morgan fingerprint density at radius 3 is 2.83 bits per heavy atom. The molecule has 0 aliphatic rings. The number of carbonyl (C=O) groups excluding carboxylic acids is 1. The summed E-state index contributed by atoms with van der Waals surface area (Å²) in [6, 6.07) is 7.78. The molecule has 0 fully saturated rings. The molecule has 1 amide bonds. The van der Waals surface area contributed by atoms with Crippen molar-refractivity contribution in [1.29, 1.82) is 0 Å². The van der Waals surface area contributed by atoms with Crippen LogP contribution in [0.3, 0.4) is 0 Å². The Kier molecular flexibility index (Phi) is 3.70. The molecule has 3 heteroatoms. The minimum absolute atomic E-state index is 0.0442. The molecule has 0 atom stereocenters. The number of rotatable bonds is 4. The van der Waals surface area contributed by atoms with Crippen LogP contribution in [0.4, 0.5) is 0 Å². The maximum Gasteiger partial charge on any atom is 0.289 e. The molecule has 0 N–H and O–H groups in total. The van der Waals surface area contributed by atoms with Crippen molar-refractivity contribution in [1.82, 2.24) is 4.90 Å². The van der Waals surface area contributed by atoms with Crippen molar-refractivity contribution < 1.29 is 9.21 Å². The molecule has 0 spiro atoms. The summed E-state index contributed by atoms with van der Waals surface area (Å²) >= 11 is 0. The molecule has 2 aromatic rings. The number of benzene rings is 1. The quantitative estimate of drug-likeness (QED) is 0.824. The molecule has 3 nitrogen and oxygen atoms in total. The van der Waals surface area contributed by atoms with E-state index in [1.54, 1.807) is 4.90 Å². The van der Waals surface area contributed by atoms with Crippen molar-refractivity contribution in [3.05, 3.63) is 35.6 Å². The molecule has 0 aliphatic carbocycles. The van der Waals surface area contributed by atoms with Crippen molar-refractivity contribution in [3.63, 3.8) is 0 Å². The average Bonchev–Trinajstić information content (AvgIpc) is 2.77. The van der Waals surface area contributed by atoms with E-state index < -0.39 is 0 Å². The molecule has 0 saturated carbocycles. The number of carbonyl (C=O) groups is 1. The minimum atomic E-state index is -0.0442. The SMILES string of the molecule is CCCCN(C)C(=O)c1cc2ccc(C)cc2o1. The lowest BCUT2D eigenvalue weighted by atomic mass is 10.2. The van der Waals surface area contributed by atoms with Crippen LogP contribution < -0.4 is 0 Å². The fourth-order valence-corrected chi connectivity index (χ4v) is 1.93. The second-order valence-corrected chi connectivity index (χ2v) is 4.73. The molecule has 0 bridgehead atoms. The monoisotopic (exact) mass is 245 g/mol. The maximum absolute atomic E-state index is 12.1. The number of hydrogen-bond donors (Lipinski definition) is 0. The molecule has 1 aromatic carbocycles. The fourth-order valence-electron chi connectivity index (χ4n) is 1.93. The van der Waals surface area contributed by atoms with Crippen LogP contribution in [0.25, 0.3) is 11.0 Å². The first kappa shape index (κ1) is 12.7. The van der Waals surface area contributed by atoms with E-state index in [1.165, 1.54) is 0 Å². The molecule has 18 heavy (non-hydrogen) atoms. The zero-order valence-electron chi connectivity index (χ0n) is 11.2. The van der Waals surface area contributed by atoms with Gasteiger partial charge in [0.05, 0.1) is 0 Å². The summed E-state index contributed by atoms with van der Waals surface area (Å²) in [4.78, 5) is 13.9. The van der Waals surface area contributed by atoms with Crippen molar-refractivity contribution in [2.75, 3.05) is 13.6 Å². The molecule has 1 heterocycles. The van der Waals surface area contributed by atoms with Gasteiger partial charge in [-0.15, -0.1) is 0 Å². The molecule has 96 valence electrons. The summed E-state index contributed by atoms with van der Waals surface area (Å²) in [6.07, 6.45) is 2.10. The molecule has 0 saturated heterocycles. The van der Waals surface area contributed by atoms with Gasteiger partial charge in [0.15, 0.2) is 5.76 Å². The number of hydrogen-bond acceptors (Lipinski definition) is 2. The van der Waals surface area contributed by atoms with E-state index in [4.69, 9.17) is 4.42 Å². The van der Waals surface area contributed by atoms with Crippen LogP contribution in [-0.4, -0.2) is 24.4 Å². The van der Waals surface area contributed by atoms with E-state index in [-0.39, 0.29) is 5.91 Å². The van der Waals surface area contributed by atoms with E-state index in [2.05, 4.69) is 6.92 Å². The van der Waals surface area contributed by atoms with Gasteiger partial charge >= 0.3 is 0 Å². The second-order valence-electron chi connectivity index (χ2n) is 4.73. The predicted octanol–water partition coefficient (Wildman–Crippen LogP) is 3.61. The molecule has 0 aliphatic heterocycles. The van der Waals surface area contributed by atoms with E-state index in [0.717, 1.165) is 35.9 Å². The zero-order valence-corrected chi connectivity index (χ0v) is 11.2. The second kappa shape index (κ2) is 5.25. The highest BCUT2D eigenvalue weighted by molar-refractivity contribution is 5.96. The highest BCUT2D eigenvalue weighted by atomic mass is 16.3. The van der Waals surface area contributed by atoms with Crippen molar-refractivity contribution >= 4 is 16.9 Å². The van der Waals surface area contributed by atoms with Crippen molar-refractivity contribution in [2.24, 2.45) is 0 Å². The summed E-state index contributed by atoms with van der Waals surface area (Å²) in [7, 11) is 1.82. The average molecular weight is 245 g/mol. The van der Waals surface area contributed by atoms with E-state index in [0.29, 0.717) is 5.76 Å². The smallest absolute Gasteiger partial charge is 0.289 e. The van der Waals surface area contributed by atoms with Crippen molar-refractivity contribution in [3.8, 4) is 0 Å². The van der Waals surface area contributed by atoms with E-state index in [9.17, 15) is 4.79 Å². The van der Waals surface area contributed by atoms with Crippen LogP contribution in [0, 0.1) is 6.92 Å². The molecule has 2 rings (SSSR count). The van der Waals surface area contributed by atoms with Crippen LogP contribution in [0.1, 0.15) is 35.9 Å². The maximum atomic E-state index is 12.1. The zero-order chi connectivity index (χ0) is 13.1. The van der Waals surface area contributed by atoms with Crippen LogP contribution >= 0.6 is 0 Å². The summed E-state index contributed by atoms with van der Waals surface area (Å²) in [5.74, 6) is 0.381. The lowest BCUT2D eigenvalue weighted by Crippen LogP contribution is -2.27. The van der Waals surface area contributed by atoms with E-state index >= 15 is 0 Å². The predicted molar refractivity (Wildman–Crippen MR) is 72.8 cm³/mol. The van der Waals surface area contributed by atoms with Gasteiger partial charge in [0, 0.05) is 19.0 Å². The number of unbranched alkanes of at least 4 members (excludes halogenated alkanes) is 1. The standard InChI is InChI=1S/C15H19NO2/c1-4-5-8-16(3)15(17)14-10-12-7-6-11(2)9-13(12)18-14/h6-7,9-10H,4-5,8H2,1-3H3. The van der Waals surface area contributed by atoms with Gasteiger partial charge < -0.3 is 9.32 Å². The Morgan fingerprint density at radius 1 is 1.33 bits per heavy atom. The van der Waals surface area contributed by atoms with Crippen LogP contribution in [0.5, 0.6) is 0 Å². The Balaban J connectivity index is 2.22. The Bertz CT molecular complexity index is 557. The van der Waals surface area contributed by atoms with Gasteiger partial charge in [-0.05, 0) is 31.0 Å². The van der Waals surface area contributed by atoms with E-state index in [1.807, 2.05) is 38.2 Å². The van der Waals surface area contributed by atoms with Gasteiger partial charge in [-0.3, -0.25) is 4.79 Å². The minimum Gasteiger partial charge on any atom is -0.451 e. The van der Waals surface area contributed by atoms with Gasteiger partial charge in [-0.1, -0.05) is 25.5 Å². The van der Waals surface area contributed by atoms with Gasteiger partial charge in [0.25, 0.3) is 5.91 Å². The Hall–Kier alpha value is -1.77.